The molecule has 2 aromatic carbocycles. The average molecular weight is 687 g/mol. The second-order valence-corrected chi connectivity index (χ2v) is 13.9. The Morgan fingerprint density at radius 1 is 0.694 bits per heavy atom. The molecule has 3 aliphatic carbocycles. The number of rotatable bonds is 2. The van der Waals surface area contributed by atoms with Gasteiger partial charge in [-0.1, -0.05) is 13.8 Å². The van der Waals surface area contributed by atoms with Crippen LogP contribution in [0.1, 0.15) is 66.6 Å². The molecule has 7 rings (SSSR count). The number of nitrogens with zero attached hydrogens (tertiary/aromatic N) is 4. The van der Waals surface area contributed by atoms with Crippen molar-refractivity contribution in [1.82, 2.24) is 0 Å². The first-order chi connectivity index (χ1) is 23.3. The van der Waals surface area contributed by atoms with E-state index in [1.165, 1.54) is 34.8 Å². The van der Waals surface area contributed by atoms with Crippen molar-refractivity contribution >= 4 is 57.5 Å². The summed E-state index contributed by atoms with van der Waals surface area (Å²) in [6.45, 7) is 11.4. The second kappa shape index (κ2) is 10.9. The molecule has 0 atom stereocenters. The maximum absolute atomic E-state index is 14.2. The van der Waals surface area contributed by atoms with E-state index in [2.05, 4.69) is 4.85 Å². The van der Waals surface area contributed by atoms with Gasteiger partial charge in [0.1, 0.15) is 17.7 Å². The highest BCUT2D eigenvalue weighted by Crippen LogP contribution is 2.56. The zero-order chi connectivity index (χ0) is 35.1. The van der Waals surface area contributed by atoms with E-state index in [9.17, 15) is 42.9 Å². The van der Waals surface area contributed by atoms with Gasteiger partial charge in [-0.3, -0.25) is 9.59 Å². The monoisotopic (exact) mass is 686 g/mol. The topological polar surface area (TPSA) is 110 Å². The van der Waals surface area contributed by atoms with Gasteiger partial charge in [-0.2, -0.15) is 10.5 Å². The van der Waals surface area contributed by atoms with Crippen LogP contribution in [0.2, 0.25) is 0 Å². The highest BCUT2D eigenvalue weighted by atomic mass is 32.1. The third-order valence-electron chi connectivity index (χ3n) is 8.73. The van der Waals surface area contributed by atoms with Crippen molar-refractivity contribution in [2.75, 3.05) is 0 Å². The highest BCUT2D eigenvalue weighted by Gasteiger charge is 2.41. The number of halogens is 4. The lowest BCUT2D eigenvalue weighted by Gasteiger charge is -2.19. The Balaban J connectivity index is 1.34. The molecule has 4 aromatic rings. The molecule has 0 spiro atoms. The molecule has 0 bridgehead atoms. The third kappa shape index (κ3) is 4.47. The largest absolute Gasteiger partial charge is 0.289 e. The van der Waals surface area contributed by atoms with Crippen LogP contribution >= 0.6 is 22.7 Å². The Hall–Kier alpha value is -6.18. The van der Waals surface area contributed by atoms with E-state index in [1.807, 2.05) is 26.0 Å². The SMILES string of the molecule is [C-]#[N+]/C(C#N)=C1/C(=C/c2cc3c(s2)-c2sc(/C=C4\C(=O)c5cc(F)c(F)cc5C4=C(C#N)C#N)cc2C3(C)C)C(=O)c2cc(F)c(F)cc21. The Morgan fingerprint density at radius 3 is 1.51 bits per heavy atom. The molecule has 2 aromatic heterocycles. The van der Waals surface area contributed by atoms with Crippen LogP contribution in [0, 0.1) is 63.8 Å². The molecule has 0 amide bonds. The van der Waals surface area contributed by atoms with Crippen molar-refractivity contribution in [2.45, 2.75) is 19.3 Å². The van der Waals surface area contributed by atoms with Gasteiger partial charge in [-0.25, -0.2) is 27.7 Å². The Kier molecular flexibility index (Phi) is 7.01. The smallest absolute Gasteiger partial charge is 0.270 e. The van der Waals surface area contributed by atoms with Crippen molar-refractivity contribution in [1.29, 1.82) is 15.8 Å². The number of ketones is 2. The van der Waals surface area contributed by atoms with Gasteiger partial charge in [0.2, 0.25) is 0 Å². The summed E-state index contributed by atoms with van der Waals surface area (Å²) in [7, 11) is 0. The number of allylic oxidation sites excluding steroid dienone is 6. The second-order valence-electron chi connectivity index (χ2n) is 11.7. The van der Waals surface area contributed by atoms with Gasteiger partial charge in [0.15, 0.2) is 34.8 Å². The number of fused-ring (bicyclic) bond motifs is 5. The summed E-state index contributed by atoms with van der Waals surface area (Å²) in [5.74, 6) is -6.23. The maximum atomic E-state index is 14.2. The number of carbonyl (C=O) groups excluding carboxylic acids is 2. The van der Waals surface area contributed by atoms with E-state index in [1.54, 1.807) is 18.2 Å². The Labute approximate surface area is 283 Å². The van der Waals surface area contributed by atoms with Gasteiger partial charge in [0.05, 0.1) is 12.6 Å². The predicted molar refractivity (Wildman–Crippen MR) is 174 cm³/mol. The molecule has 12 heteroatoms. The van der Waals surface area contributed by atoms with Crippen molar-refractivity contribution in [3.63, 3.8) is 0 Å². The number of carbonyl (C=O) groups is 2. The van der Waals surface area contributed by atoms with Crippen LogP contribution < -0.4 is 0 Å². The lowest BCUT2D eigenvalue weighted by Crippen LogP contribution is -2.13. The quantitative estimate of drug-likeness (QED) is 0.0904. The van der Waals surface area contributed by atoms with Gasteiger partial charge in [-0.05, 0) is 70.8 Å². The highest BCUT2D eigenvalue weighted by molar-refractivity contribution is 7.23. The van der Waals surface area contributed by atoms with Crippen LogP contribution in [0.3, 0.4) is 0 Å². The number of Topliss-reactive ketones (excluding diaryl/α,β-unsaturated/α-hetero) is 2. The van der Waals surface area contributed by atoms with Crippen LogP contribution in [0.25, 0.3) is 37.9 Å². The number of nitriles is 3. The molecule has 0 N–H and O–H groups in total. The Bertz CT molecular complexity index is 2400. The van der Waals surface area contributed by atoms with Crippen molar-refractivity contribution in [2.24, 2.45) is 0 Å². The summed E-state index contributed by atoms with van der Waals surface area (Å²) in [6, 6.07) is 12.1. The van der Waals surface area contributed by atoms with Crippen molar-refractivity contribution in [3.8, 4) is 28.0 Å². The van der Waals surface area contributed by atoms with E-state index >= 15 is 0 Å². The predicted octanol–water partition coefficient (Wildman–Crippen LogP) is 9.19. The minimum atomic E-state index is -1.24. The fourth-order valence-electron chi connectivity index (χ4n) is 6.42. The van der Waals surface area contributed by atoms with Crippen LogP contribution in [-0.4, -0.2) is 11.6 Å². The van der Waals surface area contributed by atoms with E-state index in [4.69, 9.17) is 6.57 Å². The summed E-state index contributed by atoms with van der Waals surface area (Å²) in [5, 5.41) is 28.9. The molecule has 3 aliphatic rings. The van der Waals surface area contributed by atoms with E-state index < -0.39 is 51.5 Å². The lowest BCUT2D eigenvalue weighted by atomic mass is 9.83. The van der Waals surface area contributed by atoms with Gasteiger partial charge < -0.3 is 0 Å². The fourth-order valence-corrected chi connectivity index (χ4v) is 9.10. The van der Waals surface area contributed by atoms with E-state index in [0.717, 1.165) is 45.1 Å². The zero-order valence-electron chi connectivity index (χ0n) is 25.1. The maximum Gasteiger partial charge on any atom is 0.270 e. The summed E-state index contributed by atoms with van der Waals surface area (Å²) in [5.41, 5.74) is -0.266. The molecule has 0 radical (unpaired) electrons. The first kappa shape index (κ1) is 31.4. The number of hydrogen-bond donors (Lipinski definition) is 0. The molecule has 6 nitrogen and oxygen atoms in total. The molecule has 0 saturated heterocycles. The number of hydrogen-bond acceptors (Lipinski definition) is 7. The van der Waals surface area contributed by atoms with Gasteiger partial charge in [0.25, 0.3) is 5.70 Å². The first-order valence-corrected chi connectivity index (χ1v) is 15.9. The molecule has 0 unspecified atom stereocenters. The van der Waals surface area contributed by atoms with Crippen LogP contribution in [0.4, 0.5) is 17.6 Å². The molecular weight excluding hydrogens is 673 g/mol. The summed E-state index contributed by atoms with van der Waals surface area (Å²) in [6.07, 6.45) is 3.00. The standard InChI is InChI=1S/C37H14F4N4O2S2/c1-37(2)24-6-16(4-22-31(15(12-42)13-43)18-8-26(38)28(40)10-20(18)33(22)46)48-35(24)36-25(37)7-17(49-36)5-23-32(30(14-44)45-3)19-9-27(39)29(41)11-21(19)34(23)47/h4-11H,1-2H3/b22-4-,23-5-,32-30+. The molecule has 49 heavy (non-hydrogen) atoms. The number of thiophene rings is 2. The number of benzene rings is 2. The minimum absolute atomic E-state index is 0.0381. The molecule has 0 saturated carbocycles. The van der Waals surface area contributed by atoms with Crippen LogP contribution in [0.15, 0.2) is 58.8 Å². The van der Waals surface area contributed by atoms with E-state index in [0.29, 0.717) is 9.75 Å². The summed E-state index contributed by atoms with van der Waals surface area (Å²) < 4.78 is 56.6. The van der Waals surface area contributed by atoms with Crippen LogP contribution in [0.5, 0.6) is 0 Å². The molecule has 2 heterocycles. The zero-order valence-corrected chi connectivity index (χ0v) is 26.7. The van der Waals surface area contributed by atoms with Gasteiger partial charge in [-0.15, -0.1) is 22.7 Å². The molecular formula is C37H14F4N4O2S2. The van der Waals surface area contributed by atoms with E-state index in [-0.39, 0.29) is 44.5 Å². The summed E-state index contributed by atoms with van der Waals surface area (Å²) in [4.78, 5) is 32.9. The fraction of sp³-hybridized carbons (Fsp3) is 0.0811. The summed E-state index contributed by atoms with van der Waals surface area (Å²) >= 11 is 2.63. The third-order valence-corrected chi connectivity index (χ3v) is 11.1. The molecule has 0 fully saturated rings. The Morgan fingerprint density at radius 2 is 1.10 bits per heavy atom. The molecule has 234 valence electrons. The van der Waals surface area contributed by atoms with Crippen molar-refractivity contribution in [3.05, 3.63) is 137 Å². The first-order valence-electron chi connectivity index (χ1n) is 14.2. The average Bonchev–Trinajstić information content (AvgIpc) is 3.84. The molecule has 0 aliphatic heterocycles. The lowest BCUT2D eigenvalue weighted by molar-refractivity contribution is 0.103. The van der Waals surface area contributed by atoms with Crippen molar-refractivity contribution < 1.29 is 27.2 Å². The van der Waals surface area contributed by atoms with Gasteiger partial charge in [0, 0.05) is 58.3 Å². The minimum Gasteiger partial charge on any atom is -0.289 e. The normalized spacial score (nSPS) is 17.6. The van der Waals surface area contributed by atoms with Gasteiger partial charge >= 0.3 is 0 Å². The van der Waals surface area contributed by atoms with Crippen LogP contribution in [-0.2, 0) is 5.41 Å².